The van der Waals surface area contributed by atoms with Crippen LogP contribution in [0.15, 0.2) is 66.9 Å². The zero-order chi connectivity index (χ0) is 20.1. The molecule has 0 aliphatic rings. The molecule has 0 saturated heterocycles. The molecule has 2 N–H and O–H groups in total. The van der Waals surface area contributed by atoms with Gasteiger partial charge in [-0.1, -0.05) is 18.2 Å². The number of para-hydroxylation sites is 1. The van der Waals surface area contributed by atoms with Gasteiger partial charge in [-0.2, -0.15) is 0 Å². The summed E-state index contributed by atoms with van der Waals surface area (Å²) >= 11 is 0. The fraction of sp³-hybridized carbons (Fsp3) is 0.0952. The van der Waals surface area contributed by atoms with Crippen molar-refractivity contribution < 1.29 is 14.0 Å². The normalized spacial score (nSPS) is 10.2. The average molecular weight is 378 g/mol. The quantitative estimate of drug-likeness (QED) is 0.706. The fourth-order valence-electron chi connectivity index (χ4n) is 2.56. The highest BCUT2D eigenvalue weighted by atomic mass is 19.1. The van der Waals surface area contributed by atoms with Crippen molar-refractivity contribution in [2.75, 3.05) is 24.7 Å². The van der Waals surface area contributed by atoms with E-state index in [0.717, 1.165) is 0 Å². The first-order valence-electron chi connectivity index (χ1n) is 8.55. The summed E-state index contributed by atoms with van der Waals surface area (Å²) in [5, 5.41) is 5.59. The Kier molecular flexibility index (Phi) is 5.64. The molecule has 3 rings (SSSR count). The Bertz CT molecular complexity index is 1020. The molecule has 1 heterocycles. The van der Waals surface area contributed by atoms with Gasteiger partial charge < -0.3 is 15.5 Å². The number of nitrogens with zero attached hydrogens (tertiary/aromatic N) is 2. The van der Waals surface area contributed by atoms with E-state index in [2.05, 4.69) is 15.6 Å². The number of carbonyl (C=O) groups excluding carboxylic acids is 2. The lowest BCUT2D eigenvalue weighted by Gasteiger charge is -2.13. The van der Waals surface area contributed by atoms with E-state index < -0.39 is 11.7 Å². The van der Waals surface area contributed by atoms with E-state index in [1.54, 1.807) is 68.7 Å². The van der Waals surface area contributed by atoms with Crippen LogP contribution in [0.5, 0.6) is 0 Å². The molecule has 7 heteroatoms. The van der Waals surface area contributed by atoms with E-state index in [1.165, 1.54) is 17.2 Å². The van der Waals surface area contributed by atoms with E-state index >= 15 is 0 Å². The molecule has 0 bridgehead atoms. The van der Waals surface area contributed by atoms with Gasteiger partial charge >= 0.3 is 0 Å². The van der Waals surface area contributed by atoms with Crippen LogP contribution in [0.1, 0.15) is 20.7 Å². The van der Waals surface area contributed by atoms with Gasteiger partial charge in [-0.05, 0) is 42.5 Å². The molecular formula is C21H19FN4O2. The van der Waals surface area contributed by atoms with E-state index in [0.29, 0.717) is 11.3 Å². The zero-order valence-electron chi connectivity index (χ0n) is 15.4. The van der Waals surface area contributed by atoms with E-state index in [1.807, 2.05) is 0 Å². The van der Waals surface area contributed by atoms with Gasteiger partial charge in [-0.25, -0.2) is 9.37 Å². The molecular weight excluding hydrogens is 359 g/mol. The third kappa shape index (κ3) is 4.32. The van der Waals surface area contributed by atoms with Crippen LogP contribution in [0.2, 0.25) is 0 Å². The number of benzene rings is 2. The highest BCUT2D eigenvalue weighted by molar-refractivity contribution is 6.08. The van der Waals surface area contributed by atoms with Crippen LogP contribution in [0, 0.1) is 5.82 Å². The molecule has 0 unspecified atom stereocenters. The number of nitrogens with one attached hydrogen (secondary N) is 2. The maximum atomic E-state index is 13.9. The number of anilines is 3. The molecule has 6 nitrogen and oxygen atoms in total. The van der Waals surface area contributed by atoms with Gasteiger partial charge in [0.15, 0.2) is 0 Å². The van der Waals surface area contributed by atoms with Crippen molar-refractivity contribution in [2.24, 2.45) is 0 Å². The summed E-state index contributed by atoms with van der Waals surface area (Å²) in [6, 6.07) is 16.0. The van der Waals surface area contributed by atoms with Crippen molar-refractivity contribution >= 4 is 29.0 Å². The summed E-state index contributed by atoms with van der Waals surface area (Å²) < 4.78 is 13.9. The first kappa shape index (κ1) is 19.0. The Morgan fingerprint density at radius 3 is 2.54 bits per heavy atom. The van der Waals surface area contributed by atoms with Crippen LogP contribution < -0.4 is 10.6 Å². The molecule has 0 fully saturated rings. The van der Waals surface area contributed by atoms with Gasteiger partial charge in [0.25, 0.3) is 11.8 Å². The molecule has 0 aliphatic heterocycles. The second kappa shape index (κ2) is 8.30. The molecule has 1 aromatic heterocycles. The molecule has 2 amide bonds. The number of hydrogen-bond donors (Lipinski definition) is 2. The Morgan fingerprint density at radius 2 is 1.79 bits per heavy atom. The summed E-state index contributed by atoms with van der Waals surface area (Å²) in [5.41, 5.74) is 1.39. The Balaban J connectivity index is 1.83. The SMILES string of the molecule is CN(C)C(=O)c1cccc(NC(=O)c2cccnc2Nc2ccccc2F)c1. The minimum atomic E-state index is -0.450. The van der Waals surface area contributed by atoms with Gasteiger partial charge in [-0.3, -0.25) is 9.59 Å². The van der Waals surface area contributed by atoms with E-state index in [9.17, 15) is 14.0 Å². The molecule has 0 radical (unpaired) electrons. The molecule has 3 aromatic rings. The first-order chi connectivity index (χ1) is 13.5. The second-order valence-electron chi connectivity index (χ2n) is 6.24. The van der Waals surface area contributed by atoms with Gasteiger partial charge in [0.05, 0.1) is 11.3 Å². The molecule has 2 aromatic carbocycles. The van der Waals surface area contributed by atoms with Gasteiger partial charge in [0, 0.05) is 31.5 Å². The number of aromatic nitrogens is 1. The van der Waals surface area contributed by atoms with Gasteiger partial charge in [-0.15, -0.1) is 0 Å². The lowest BCUT2D eigenvalue weighted by Crippen LogP contribution is -2.22. The minimum absolute atomic E-state index is 0.167. The summed E-state index contributed by atoms with van der Waals surface area (Å²) in [4.78, 5) is 30.4. The molecule has 0 saturated carbocycles. The third-order valence-electron chi connectivity index (χ3n) is 3.95. The van der Waals surface area contributed by atoms with Crippen LogP contribution in [-0.4, -0.2) is 35.8 Å². The highest BCUT2D eigenvalue weighted by Crippen LogP contribution is 2.22. The Labute approximate surface area is 162 Å². The van der Waals surface area contributed by atoms with Crippen molar-refractivity contribution in [2.45, 2.75) is 0 Å². The third-order valence-corrected chi connectivity index (χ3v) is 3.95. The lowest BCUT2D eigenvalue weighted by molar-refractivity contribution is 0.0827. The van der Waals surface area contributed by atoms with Crippen molar-refractivity contribution in [3.63, 3.8) is 0 Å². The molecule has 0 aliphatic carbocycles. The first-order valence-corrected chi connectivity index (χ1v) is 8.55. The number of halogens is 1. The number of pyridine rings is 1. The molecule has 142 valence electrons. The average Bonchev–Trinajstić information content (AvgIpc) is 2.69. The molecule has 0 spiro atoms. The number of hydrogen-bond acceptors (Lipinski definition) is 4. The largest absolute Gasteiger partial charge is 0.345 e. The molecule has 28 heavy (non-hydrogen) atoms. The maximum absolute atomic E-state index is 13.9. The van der Waals surface area contributed by atoms with Crippen molar-refractivity contribution in [3.8, 4) is 0 Å². The van der Waals surface area contributed by atoms with Crippen LogP contribution in [0.3, 0.4) is 0 Å². The predicted molar refractivity (Wildman–Crippen MR) is 106 cm³/mol. The minimum Gasteiger partial charge on any atom is -0.345 e. The smallest absolute Gasteiger partial charge is 0.259 e. The Morgan fingerprint density at radius 1 is 1.00 bits per heavy atom. The number of carbonyl (C=O) groups is 2. The standard InChI is InChI=1S/C21H19FN4O2/c1-26(2)21(28)14-7-5-8-15(13-14)24-20(27)16-9-6-12-23-19(16)25-18-11-4-3-10-17(18)22/h3-13H,1-2H3,(H,23,25)(H,24,27). The zero-order valence-corrected chi connectivity index (χ0v) is 15.4. The molecule has 0 atom stereocenters. The number of amides is 2. The van der Waals surface area contributed by atoms with Gasteiger partial charge in [0.1, 0.15) is 11.6 Å². The van der Waals surface area contributed by atoms with Crippen LogP contribution in [-0.2, 0) is 0 Å². The predicted octanol–water partition coefficient (Wildman–Crippen LogP) is 3.92. The topological polar surface area (TPSA) is 74.3 Å². The maximum Gasteiger partial charge on any atom is 0.259 e. The van der Waals surface area contributed by atoms with Crippen molar-refractivity contribution in [3.05, 3.63) is 83.8 Å². The van der Waals surface area contributed by atoms with Crippen molar-refractivity contribution in [1.29, 1.82) is 0 Å². The summed E-state index contributed by atoms with van der Waals surface area (Å²) in [7, 11) is 3.31. The lowest BCUT2D eigenvalue weighted by atomic mass is 10.1. The number of rotatable bonds is 5. The van der Waals surface area contributed by atoms with E-state index in [4.69, 9.17) is 0 Å². The summed E-state index contributed by atoms with van der Waals surface area (Å²) in [5.74, 6) is -0.819. The highest BCUT2D eigenvalue weighted by Gasteiger charge is 2.15. The van der Waals surface area contributed by atoms with E-state index in [-0.39, 0.29) is 23.0 Å². The summed E-state index contributed by atoms with van der Waals surface area (Å²) in [6.45, 7) is 0. The fourth-order valence-corrected chi connectivity index (χ4v) is 2.56. The van der Waals surface area contributed by atoms with Crippen LogP contribution >= 0.6 is 0 Å². The van der Waals surface area contributed by atoms with Gasteiger partial charge in [0.2, 0.25) is 0 Å². The monoisotopic (exact) mass is 378 g/mol. The Hall–Kier alpha value is -3.74. The van der Waals surface area contributed by atoms with Crippen LogP contribution in [0.25, 0.3) is 0 Å². The summed E-state index contributed by atoms with van der Waals surface area (Å²) in [6.07, 6.45) is 1.51. The van der Waals surface area contributed by atoms with Crippen molar-refractivity contribution in [1.82, 2.24) is 9.88 Å². The van der Waals surface area contributed by atoms with Crippen LogP contribution in [0.4, 0.5) is 21.6 Å². The second-order valence-corrected chi connectivity index (χ2v) is 6.24.